The zero-order chi connectivity index (χ0) is 13.4. The molecule has 1 rings (SSSR count). The molecule has 0 aliphatic rings. The lowest BCUT2D eigenvalue weighted by Gasteiger charge is -2.13. The molecule has 0 aliphatic heterocycles. The largest absolute Gasteiger partial charge is 0.294 e. The van der Waals surface area contributed by atoms with E-state index >= 15 is 0 Å². The molecule has 0 bridgehead atoms. The van der Waals surface area contributed by atoms with E-state index in [-0.39, 0.29) is 0 Å². The third kappa shape index (κ3) is 4.85. The number of hydrogen-bond donors (Lipinski definition) is 0. The van der Waals surface area contributed by atoms with Gasteiger partial charge in [0, 0.05) is 16.9 Å². The van der Waals surface area contributed by atoms with Crippen molar-refractivity contribution in [3.63, 3.8) is 0 Å². The highest BCUT2D eigenvalue weighted by molar-refractivity contribution is 7.98. The van der Waals surface area contributed by atoms with Crippen molar-refractivity contribution in [2.45, 2.75) is 50.8 Å². The van der Waals surface area contributed by atoms with Crippen molar-refractivity contribution >= 4 is 17.5 Å². The van der Waals surface area contributed by atoms with Gasteiger partial charge >= 0.3 is 0 Å². The van der Waals surface area contributed by atoms with Gasteiger partial charge in [-0.05, 0) is 24.3 Å². The maximum absolute atomic E-state index is 12.2. The van der Waals surface area contributed by atoms with Crippen molar-refractivity contribution in [2.24, 2.45) is 5.92 Å². The topological polar surface area (TPSA) is 17.1 Å². The fourth-order valence-electron chi connectivity index (χ4n) is 2.10. The standard InChI is InChI=1S/C16H24OS/c1-4-6-7-13(5-2)12-16(17)14-8-10-15(18-3)11-9-14/h8-11,13H,4-7,12H2,1-3H3. The Hall–Kier alpha value is -0.760. The number of carbonyl (C=O) groups excluding carboxylic acids is 1. The fourth-order valence-corrected chi connectivity index (χ4v) is 2.51. The molecule has 1 atom stereocenters. The summed E-state index contributed by atoms with van der Waals surface area (Å²) in [6.07, 6.45) is 7.49. The van der Waals surface area contributed by atoms with Gasteiger partial charge in [-0.3, -0.25) is 4.79 Å². The number of carbonyl (C=O) groups is 1. The molecule has 1 nitrogen and oxygen atoms in total. The Kier molecular flexibility index (Phi) is 7.11. The second-order valence-corrected chi connectivity index (χ2v) is 5.65. The van der Waals surface area contributed by atoms with Crippen molar-refractivity contribution in [3.8, 4) is 0 Å². The van der Waals surface area contributed by atoms with Gasteiger partial charge in [0.15, 0.2) is 5.78 Å². The highest BCUT2D eigenvalue weighted by Gasteiger charge is 2.13. The van der Waals surface area contributed by atoms with Gasteiger partial charge in [0.1, 0.15) is 0 Å². The van der Waals surface area contributed by atoms with Crippen LogP contribution in [0, 0.1) is 5.92 Å². The van der Waals surface area contributed by atoms with Crippen LogP contribution in [0.1, 0.15) is 56.3 Å². The second-order valence-electron chi connectivity index (χ2n) is 4.77. The van der Waals surface area contributed by atoms with Gasteiger partial charge in [-0.15, -0.1) is 11.8 Å². The van der Waals surface area contributed by atoms with Crippen LogP contribution in [0.15, 0.2) is 29.2 Å². The van der Waals surface area contributed by atoms with Crippen molar-refractivity contribution < 1.29 is 4.79 Å². The second kappa shape index (κ2) is 8.36. The number of thioether (sulfide) groups is 1. The first kappa shape index (κ1) is 15.3. The van der Waals surface area contributed by atoms with E-state index in [1.165, 1.54) is 24.2 Å². The van der Waals surface area contributed by atoms with Crippen LogP contribution in [0.4, 0.5) is 0 Å². The molecule has 0 saturated heterocycles. The summed E-state index contributed by atoms with van der Waals surface area (Å²) >= 11 is 1.71. The minimum atomic E-state index is 0.297. The molecule has 0 saturated carbocycles. The highest BCUT2D eigenvalue weighted by Crippen LogP contribution is 2.21. The Morgan fingerprint density at radius 3 is 2.39 bits per heavy atom. The van der Waals surface area contributed by atoms with Crippen molar-refractivity contribution in [3.05, 3.63) is 29.8 Å². The summed E-state index contributed by atoms with van der Waals surface area (Å²) in [4.78, 5) is 13.4. The minimum Gasteiger partial charge on any atom is -0.294 e. The average molecular weight is 264 g/mol. The van der Waals surface area contributed by atoms with E-state index in [1.54, 1.807) is 11.8 Å². The van der Waals surface area contributed by atoms with Gasteiger partial charge in [0.2, 0.25) is 0 Å². The predicted molar refractivity (Wildman–Crippen MR) is 80.5 cm³/mol. The predicted octanol–water partition coefficient (Wildman–Crippen LogP) is 5.20. The van der Waals surface area contributed by atoms with E-state index in [1.807, 2.05) is 24.3 Å². The number of benzene rings is 1. The Morgan fingerprint density at radius 1 is 1.22 bits per heavy atom. The molecule has 0 spiro atoms. The highest BCUT2D eigenvalue weighted by atomic mass is 32.2. The first-order chi connectivity index (χ1) is 8.71. The zero-order valence-electron chi connectivity index (χ0n) is 11.7. The molecule has 0 aromatic heterocycles. The molecule has 18 heavy (non-hydrogen) atoms. The third-order valence-corrected chi connectivity index (χ3v) is 4.17. The smallest absolute Gasteiger partial charge is 0.163 e. The Balaban J connectivity index is 2.56. The minimum absolute atomic E-state index is 0.297. The number of unbranched alkanes of at least 4 members (excludes halogenated alkanes) is 1. The summed E-state index contributed by atoms with van der Waals surface area (Å²) < 4.78 is 0. The molecule has 0 fully saturated rings. The van der Waals surface area contributed by atoms with Gasteiger partial charge in [-0.25, -0.2) is 0 Å². The molecular formula is C16H24OS. The van der Waals surface area contributed by atoms with Crippen LogP contribution in [0.3, 0.4) is 0 Å². The van der Waals surface area contributed by atoms with Crippen molar-refractivity contribution in [2.75, 3.05) is 6.26 Å². The lowest BCUT2D eigenvalue weighted by atomic mass is 9.91. The van der Waals surface area contributed by atoms with Gasteiger partial charge in [-0.1, -0.05) is 51.7 Å². The van der Waals surface area contributed by atoms with E-state index in [9.17, 15) is 4.79 Å². The van der Waals surface area contributed by atoms with Crippen LogP contribution in [0.2, 0.25) is 0 Å². The van der Waals surface area contributed by atoms with Crippen LogP contribution >= 0.6 is 11.8 Å². The number of rotatable bonds is 8. The van der Waals surface area contributed by atoms with Crippen LogP contribution < -0.4 is 0 Å². The molecule has 2 heteroatoms. The summed E-state index contributed by atoms with van der Waals surface area (Å²) in [5.74, 6) is 0.850. The number of ketones is 1. The van der Waals surface area contributed by atoms with E-state index in [2.05, 4.69) is 20.1 Å². The molecular weight excluding hydrogens is 240 g/mol. The van der Waals surface area contributed by atoms with E-state index in [0.29, 0.717) is 18.1 Å². The SMILES string of the molecule is CCCCC(CC)CC(=O)c1ccc(SC)cc1. The van der Waals surface area contributed by atoms with Crippen LogP contribution in [-0.4, -0.2) is 12.0 Å². The summed E-state index contributed by atoms with van der Waals surface area (Å²) in [7, 11) is 0. The van der Waals surface area contributed by atoms with Gasteiger partial charge < -0.3 is 0 Å². The van der Waals surface area contributed by atoms with Crippen LogP contribution in [-0.2, 0) is 0 Å². The Bertz CT molecular complexity index is 356. The fraction of sp³-hybridized carbons (Fsp3) is 0.562. The molecule has 0 N–H and O–H groups in total. The molecule has 1 aromatic rings. The molecule has 100 valence electrons. The number of hydrogen-bond acceptors (Lipinski definition) is 2. The first-order valence-corrected chi connectivity index (χ1v) is 8.11. The van der Waals surface area contributed by atoms with Gasteiger partial charge in [0.25, 0.3) is 0 Å². The summed E-state index contributed by atoms with van der Waals surface area (Å²) in [5.41, 5.74) is 0.864. The maximum atomic E-state index is 12.2. The van der Waals surface area contributed by atoms with Gasteiger partial charge in [0.05, 0.1) is 0 Å². The van der Waals surface area contributed by atoms with Crippen LogP contribution in [0.5, 0.6) is 0 Å². The Labute approximate surface area is 115 Å². The van der Waals surface area contributed by atoms with Crippen LogP contribution in [0.25, 0.3) is 0 Å². The lowest BCUT2D eigenvalue weighted by Crippen LogP contribution is -2.08. The maximum Gasteiger partial charge on any atom is 0.163 e. The average Bonchev–Trinajstić information content (AvgIpc) is 2.43. The molecule has 0 aliphatic carbocycles. The van der Waals surface area contributed by atoms with Crippen molar-refractivity contribution in [1.29, 1.82) is 0 Å². The third-order valence-electron chi connectivity index (χ3n) is 3.43. The molecule has 0 heterocycles. The summed E-state index contributed by atoms with van der Waals surface area (Å²) in [6.45, 7) is 4.39. The summed E-state index contributed by atoms with van der Waals surface area (Å²) in [6, 6.07) is 7.98. The molecule has 0 radical (unpaired) electrons. The molecule has 1 aromatic carbocycles. The van der Waals surface area contributed by atoms with Crippen molar-refractivity contribution in [1.82, 2.24) is 0 Å². The Morgan fingerprint density at radius 2 is 1.89 bits per heavy atom. The zero-order valence-corrected chi connectivity index (χ0v) is 12.6. The van der Waals surface area contributed by atoms with E-state index in [4.69, 9.17) is 0 Å². The number of Topliss-reactive ketones (excluding diaryl/α,β-unsaturated/α-hetero) is 1. The van der Waals surface area contributed by atoms with Gasteiger partial charge in [-0.2, -0.15) is 0 Å². The molecule has 1 unspecified atom stereocenters. The quantitative estimate of drug-likeness (QED) is 0.474. The lowest BCUT2D eigenvalue weighted by molar-refractivity contribution is 0.0957. The van der Waals surface area contributed by atoms with E-state index in [0.717, 1.165) is 12.0 Å². The first-order valence-electron chi connectivity index (χ1n) is 6.88. The monoisotopic (exact) mass is 264 g/mol. The normalized spacial score (nSPS) is 12.4. The van der Waals surface area contributed by atoms with E-state index < -0.39 is 0 Å². The summed E-state index contributed by atoms with van der Waals surface area (Å²) in [5, 5.41) is 0. The molecule has 0 amide bonds.